The molecule has 0 radical (unpaired) electrons. The second kappa shape index (κ2) is 14.5. The van der Waals surface area contributed by atoms with E-state index in [-0.39, 0.29) is 62.2 Å². The van der Waals surface area contributed by atoms with Gasteiger partial charge in [-0.05, 0) is 55.0 Å². The minimum Gasteiger partial charge on any atom is -0.478 e. The first-order chi connectivity index (χ1) is 21.5. The van der Waals surface area contributed by atoms with Crippen molar-refractivity contribution in [2.24, 2.45) is 11.8 Å². The van der Waals surface area contributed by atoms with Gasteiger partial charge in [0.1, 0.15) is 11.9 Å². The van der Waals surface area contributed by atoms with Gasteiger partial charge in [0.25, 0.3) is 0 Å². The first-order valence-corrected chi connectivity index (χ1v) is 16.9. The molecular weight excluding hydrogens is 604 g/mol. The number of rotatable bonds is 13. The van der Waals surface area contributed by atoms with Crippen molar-refractivity contribution in [3.8, 4) is 5.75 Å². The fraction of sp³-hybridized carbons (Fsp3) is 0.562. The van der Waals surface area contributed by atoms with E-state index in [1.54, 1.807) is 6.92 Å². The van der Waals surface area contributed by atoms with Crippen LogP contribution in [0.3, 0.4) is 0 Å². The molecule has 45 heavy (non-hydrogen) atoms. The maximum absolute atomic E-state index is 14.0. The zero-order chi connectivity index (χ0) is 32.1. The highest BCUT2D eigenvalue weighted by molar-refractivity contribution is 7.89. The van der Waals surface area contributed by atoms with Crippen LogP contribution in [0.15, 0.2) is 53.4 Å². The summed E-state index contributed by atoms with van der Waals surface area (Å²) in [6, 6.07) is 12.9. The second-order valence-corrected chi connectivity index (χ2v) is 14.0. The number of benzene rings is 2. The Balaban J connectivity index is 1.32. The highest BCUT2D eigenvalue weighted by atomic mass is 32.2. The average Bonchev–Trinajstić information content (AvgIpc) is 3.74. The van der Waals surface area contributed by atoms with Gasteiger partial charge < -0.3 is 34.1 Å². The maximum Gasteiger partial charge on any atom is 0.407 e. The van der Waals surface area contributed by atoms with Gasteiger partial charge in [-0.2, -0.15) is 4.31 Å². The highest BCUT2D eigenvalue weighted by Crippen LogP contribution is 2.34. The van der Waals surface area contributed by atoms with Crippen LogP contribution in [0.2, 0.25) is 0 Å². The van der Waals surface area contributed by atoms with Crippen molar-refractivity contribution in [1.29, 1.82) is 0 Å². The smallest absolute Gasteiger partial charge is 0.407 e. The number of alkyl carbamates (subject to hydrolysis) is 1. The minimum absolute atomic E-state index is 0.0174. The fourth-order valence-corrected chi connectivity index (χ4v) is 7.61. The predicted molar refractivity (Wildman–Crippen MR) is 162 cm³/mol. The van der Waals surface area contributed by atoms with Crippen molar-refractivity contribution in [3.63, 3.8) is 0 Å². The Labute approximate surface area is 264 Å². The third-order valence-corrected chi connectivity index (χ3v) is 9.99. The Kier molecular flexibility index (Phi) is 10.7. The van der Waals surface area contributed by atoms with Crippen LogP contribution in [0.25, 0.3) is 0 Å². The first-order valence-electron chi connectivity index (χ1n) is 15.4. The normalized spacial score (nSPS) is 23.7. The molecule has 6 atom stereocenters. The largest absolute Gasteiger partial charge is 0.478 e. The minimum atomic E-state index is -4.10. The number of hydrogen-bond acceptors (Lipinski definition) is 10. The van der Waals surface area contributed by atoms with Crippen molar-refractivity contribution >= 4 is 22.1 Å². The topological polar surface area (TPSA) is 150 Å². The van der Waals surface area contributed by atoms with Gasteiger partial charge in [0.2, 0.25) is 10.0 Å². The standard InChI is InChI=1S/C32H42N2O10S/c1-4-40-30(36)28-16-22-15-23(10-11-27(22)43-28)45(38,39)34(17-20(2)3)18-26(35)25(14-21-8-6-5-7-9-21)33-32(37)44-29-19-42-31-24(29)12-13-41-31/h5-11,15,20,24-26,28-29,31,35H,4,12-14,16-19H2,1-3H3,(H,33,37)/t24-,25-,26+,28?,29?,31+/m0/s1. The number of esters is 1. The molecule has 12 nitrogen and oxygen atoms in total. The fourth-order valence-electron chi connectivity index (χ4n) is 5.94. The average molecular weight is 647 g/mol. The molecule has 13 heteroatoms. The summed E-state index contributed by atoms with van der Waals surface area (Å²) in [5, 5.41) is 14.3. The van der Waals surface area contributed by atoms with Crippen LogP contribution >= 0.6 is 0 Å². The zero-order valence-electron chi connectivity index (χ0n) is 25.8. The molecule has 2 saturated heterocycles. The van der Waals surface area contributed by atoms with E-state index < -0.39 is 46.4 Å². The number of amides is 1. The third kappa shape index (κ3) is 7.95. The number of ether oxygens (including phenoxy) is 5. The van der Waals surface area contributed by atoms with Gasteiger partial charge in [0.15, 0.2) is 12.4 Å². The summed E-state index contributed by atoms with van der Waals surface area (Å²) < 4.78 is 56.8. The summed E-state index contributed by atoms with van der Waals surface area (Å²) >= 11 is 0. The number of nitrogens with one attached hydrogen (secondary N) is 1. The summed E-state index contributed by atoms with van der Waals surface area (Å²) in [7, 11) is -4.10. The van der Waals surface area contributed by atoms with E-state index in [0.29, 0.717) is 17.9 Å². The van der Waals surface area contributed by atoms with Crippen LogP contribution in [0.5, 0.6) is 5.75 Å². The Hall–Kier alpha value is -3.23. The highest BCUT2D eigenvalue weighted by Gasteiger charge is 2.44. The number of carbonyl (C=O) groups is 2. The van der Waals surface area contributed by atoms with E-state index >= 15 is 0 Å². The summed E-state index contributed by atoms with van der Waals surface area (Å²) in [5.74, 6) is -0.191. The van der Waals surface area contributed by atoms with Crippen molar-refractivity contribution in [1.82, 2.24) is 9.62 Å². The number of aliphatic hydroxyl groups is 1. The van der Waals surface area contributed by atoms with Gasteiger partial charge in [-0.3, -0.25) is 0 Å². The van der Waals surface area contributed by atoms with E-state index in [0.717, 1.165) is 12.0 Å². The third-order valence-electron chi connectivity index (χ3n) is 8.16. The number of sulfonamides is 1. The molecule has 0 aliphatic carbocycles. The number of carbonyl (C=O) groups excluding carboxylic acids is 2. The molecular formula is C32H42N2O10S. The Morgan fingerprint density at radius 1 is 1.11 bits per heavy atom. The second-order valence-electron chi connectivity index (χ2n) is 12.0. The summed E-state index contributed by atoms with van der Waals surface area (Å²) in [6.45, 7) is 6.30. The van der Waals surface area contributed by atoms with E-state index in [2.05, 4.69) is 5.32 Å². The van der Waals surface area contributed by atoms with Crippen molar-refractivity contribution in [3.05, 3.63) is 59.7 Å². The monoisotopic (exact) mass is 646 g/mol. The van der Waals surface area contributed by atoms with Crippen molar-refractivity contribution in [2.75, 3.05) is 32.9 Å². The van der Waals surface area contributed by atoms with Crippen molar-refractivity contribution < 1.29 is 46.8 Å². The molecule has 1 amide bonds. The Morgan fingerprint density at radius 2 is 1.89 bits per heavy atom. The van der Waals surface area contributed by atoms with Gasteiger partial charge in [0.05, 0.1) is 42.8 Å². The number of hydrogen-bond donors (Lipinski definition) is 2. The van der Waals surface area contributed by atoms with Crippen LogP contribution in [0.4, 0.5) is 4.79 Å². The van der Waals surface area contributed by atoms with Gasteiger partial charge in [-0.25, -0.2) is 18.0 Å². The Bertz CT molecular complexity index is 1440. The molecule has 246 valence electrons. The number of nitrogens with zero attached hydrogens (tertiary/aromatic N) is 1. The van der Waals surface area contributed by atoms with E-state index in [4.69, 9.17) is 23.7 Å². The lowest BCUT2D eigenvalue weighted by Gasteiger charge is -2.31. The molecule has 3 aliphatic rings. The molecule has 2 N–H and O–H groups in total. The molecule has 0 spiro atoms. The van der Waals surface area contributed by atoms with Crippen LogP contribution in [-0.4, -0.2) is 93.4 Å². The van der Waals surface area contributed by atoms with Crippen molar-refractivity contribution in [2.45, 2.75) is 75.6 Å². The van der Waals surface area contributed by atoms with E-state index in [9.17, 15) is 23.1 Å². The maximum atomic E-state index is 14.0. The predicted octanol–water partition coefficient (Wildman–Crippen LogP) is 2.66. The van der Waals surface area contributed by atoms with Crippen LogP contribution in [0.1, 0.15) is 38.3 Å². The lowest BCUT2D eigenvalue weighted by atomic mass is 10.0. The molecule has 2 aromatic carbocycles. The zero-order valence-corrected chi connectivity index (χ0v) is 26.6. The van der Waals surface area contributed by atoms with Gasteiger partial charge in [-0.15, -0.1) is 0 Å². The molecule has 2 fully saturated rings. The SMILES string of the molecule is CCOC(=O)C1Cc2cc(S(=O)(=O)N(CC(C)C)C[C@@H](O)[C@H](Cc3ccccc3)NC(=O)OC3CO[C@H]4OCC[C@@H]34)ccc2O1. The molecule has 3 aliphatic heterocycles. The number of aliphatic hydroxyl groups excluding tert-OH is 1. The van der Waals surface area contributed by atoms with Gasteiger partial charge in [-0.1, -0.05) is 44.2 Å². The van der Waals surface area contributed by atoms with E-state index in [1.165, 1.54) is 22.5 Å². The lowest BCUT2D eigenvalue weighted by Crippen LogP contribution is -2.51. The Morgan fingerprint density at radius 3 is 2.62 bits per heavy atom. The molecule has 0 aromatic heterocycles. The summed E-state index contributed by atoms with van der Waals surface area (Å²) in [4.78, 5) is 25.3. The quantitative estimate of drug-likeness (QED) is 0.311. The van der Waals surface area contributed by atoms with Crippen LogP contribution in [-0.2, 0) is 46.6 Å². The van der Waals surface area contributed by atoms with Gasteiger partial charge in [0, 0.05) is 19.5 Å². The summed E-state index contributed by atoms with van der Waals surface area (Å²) in [6.07, 6.45) is -2.53. The first kappa shape index (κ1) is 33.1. The summed E-state index contributed by atoms with van der Waals surface area (Å²) in [5.41, 5.74) is 1.43. The molecule has 0 saturated carbocycles. The molecule has 3 heterocycles. The lowest BCUT2D eigenvalue weighted by molar-refractivity contribution is -0.150. The molecule has 2 aromatic rings. The molecule has 2 unspecified atom stereocenters. The van der Waals surface area contributed by atoms with E-state index in [1.807, 2.05) is 44.2 Å². The molecule has 0 bridgehead atoms. The molecule has 5 rings (SSSR count). The van der Waals surface area contributed by atoms with Crippen LogP contribution < -0.4 is 10.1 Å². The number of fused-ring (bicyclic) bond motifs is 2. The van der Waals surface area contributed by atoms with Gasteiger partial charge >= 0.3 is 12.1 Å². The van der Waals surface area contributed by atoms with Crippen LogP contribution in [0, 0.1) is 11.8 Å².